The number of hydrogen-bond donors (Lipinski definition) is 2. The first-order valence-electron chi connectivity index (χ1n) is 4.04. The molecule has 0 amide bonds. The zero-order valence-corrected chi connectivity index (χ0v) is 9.86. The molecule has 0 radical (unpaired) electrons. The summed E-state index contributed by atoms with van der Waals surface area (Å²) in [6.45, 7) is 0.268. The van der Waals surface area contributed by atoms with E-state index < -0.39 is 4.92 Å². The van der Waals surface area contributed by atoms with E-state index in [1.807, 2.05) is 6.07 Å². The summed E-state index contributed by atoms with van der Waals surface area (Å²) >= 11 is 1.34. The average molecular weight is 258 g/mol. The summed E-state index contributed by atoms with van der Waals surface area (Å²) in [6, 6.07) is 5.00. The van der Waals surface area contributed by atoms with Gasteiger partial charge in [0.1, 0.15) is 0 Å². The van der Waals surface area contributed by atoms with Crippen LogP contribution in [-0.2, 0) is 0 Å². The molecule has 1 rings (SSSR count). The molecular formula is C8H11AsN2O3. The number of aliphatic hydroxyl groups excluding tert-OH is 1. The van der Waals surface area contributed by atoms with Crippen LogP contribution in [-0.4, -0.2) is 40.0 Å². The van der Waals surface area contributed by atoms with Crippen LogP contribution in [0.3, 0.4) is 0 Å². The summed E-state index contributed by atoms with van der Waals surface area (Å²) in [5.41, 5.74) is 0.505. The zero-order valence-electron chi connectivity index (χ0n) is 7.43. The van der Waals surface area contributed by atoms with Crippen molar-refractivity contribution in [2.24, 2.45) is 0 Å². The first-order chi connectivity index (χ1) is 6.65. The minimum atomic E-state index is -0.428. The fourth-order valence-corrected chi connectivity index (χ4v) is 1.57. The van der Waals surface area contributed by atoms with Crippen molar-refractivity contribution >= 4 is 32.6 Å². The molecule has 5 nitrogen and oxygen atoms in total. The molecule has 0 spiro atoms. The number of nitro benzene ring substituents is 1. The predicted molar refractivity (Wildman–Crippen MR) is 56.8 cm³/mol. The molecule has 0 aliphatic rings. The van der Waals surface area contributed by atoms with Crippen molar-refractivity contribution in [1.29, 1.82) is 0 Å². The van der Waals surface area contributed by atoms with E-state index in [-0.39, 0.29) is 12.3 Å². The van der Waals surface area contributed by atoms with Gasteiger partial charge >= 0.3 is 89.4 Å². The number of rotatable bonds is 4. The van der Waals surface area contributed by atoms with Crippen LogP contribution in [0.2, 0.25) is 0 Å². The molecule has 0 aliphatic heterocycles. The van der Waals surface area contributed by atoms with Gasteiger partial charge in [-0.15, -0.1) is 0 Å². The van der Waals surface area contributed by atoms with Gasteiger partial charge in [-0.2, -0.15) is 0 Å². The Morgan fingerprint density at radius 2 is 2.29 bits per heavy atom. The first kappa shape index (κ1) is 11.0. The minimum absolute atomic E-state index is 0.0467. The quantitative estimate of drug-likeness (QED) is 0.423. The zero-order chi connectivity index (χ0) is 10.6. The SMILES string of the molecule is O=[N+]([O-])c1cc([AsH2])ccc1NCCO. The molecule has 0 fully saturated rings. The maximum atomic E-state index is 10.6. The van der Waals surface area contributed by atoms with E-state index in [0.29, 0.717) is 12.2 Å². The van der Waals surface area contributed by atoms with E-state index in [1.54, 1.807) is 6.07 Å². The van der Waals surface area contributed by atoms with Crippen molar-refractivity contribution in [2.75, 3.05) is 18.5 Å². The Hall–Kier alpha value is -1.06. The molecule has 6 heteroatoms. The molecule has 0 saturated carbocycles. The third-order valence-electron chi connectivity index (χ3n) is 1.65. The van der Waals surface area contributed by atoms with Crippen molar-refractivity contribution in [3.05, 3.63) is 28.3 Å². The summed E-state index contributed by atoms with van der Waals surface area (Å²) < 4.78 is 0.902. The Morgan fingerprint density at radius 1 is 1.57 bits per heavy atom. The Kier molecular flexibility index (Phi) is 3.92. The van der Waals surface area contributed by atoms with Gasteiger partial charge in [0.15, 0.2) is 0 Å². The van der Waals surface area contributed by atoms with Gasteiger partial charge in [0.2, 0.25) is 0 Å². The predicted octanol–water partition coefficient (Wildman–Crippen LogP) is -0.743. The van der Waals surface area contributed by atoms with E-state index in [1.165, 1.54) is 22.9 Å². The second kappa shape index (κ2) is 4.98. The second-order valence-corrected chi connectivity index (χ2v) is 4.08. The van der Waals surface area contributed by atoms with E-state index in [4.69, 9.17) is 5.11 Å². The van der Waals surface area contributed by atoms with Crippen molar-refractivity contribution in [3.63, 3.8) is 0 Å². The van der Waals surface area contributed by atoms with Crippen LogP contribution in [0.1, 0.15) is 0 Å². The van der Waals surface area contributed by atoms with E-state index in [2.05, 4.69) is 5.32 Å². The van der Waals surface area contributed by atoms with Crippen LogP contribution in [0.5, 0.6) is 0 Å². The molecule has 1 atom stereocenters. The fourth-order valence-electron chi connectivity index (χ4n) is 1.04. The summed E-state index contributed by atoms with van der Waals surface area (Å²) in [4.78, 5) is 10.2. The van der Waals surface area contributed by atoms with Gasteiger partial charge < -0.3 is 0 Å². The summed E-state index contributed by atoms with van der Waals surface area (Å²) in [5.74, 6) is 0. The molecule has 1 aromatic carbocycles. The number of aliphatic hydroxyl groups is 1. The monoisotopic (exact) mass is 258 g/mol. The van der Waals surface area contributed by atoms with Crippen LogP contribution in [0, 0.1) is 10.1 Å². The number of nitrogens with one attached hydrogen (secondary N) is 1. The molecule has 0 aliphatic carbocycles. The van der Waals surface area contributed by atoms with Crippen LogP contribution < -0.4 is 9.67 Å². The van der Waals surface area contributed by atoms with E-state index in [9.17, 15) is 10.1 Å². The van der Waals surface area contributed by atoms with Gasteiger partial charge in [-0.25, -0.2) is 0 Å². The second-order valence-electron chi connectivity index (χ2n) is 2.68. The van der Waals surface area contributed by atoms with E-state index in [0.717, 1.165) is 4.35 Å². The standard InChI is InChI=1S/C8H11AsN2O3/c9-6-1-2-7(10-3-4-12)8(5-6)11(13)14/h1-2,5,10,12H,3-4,9H2. The van der Waals surface area contributed by atoms with Gasteiger partial charge in [0.05, 0.1) is 0 Å². The summed E-state index contributed by atoms with van der Waals surface area (Å²) in [7, 11) is 0. The Bertz CT molecular complexity index is 343. The molecule has 0 heterocycles. The molecule has 0 aromatic heterocycles. The van der Waals surface area contributed by atoms with Crippen molar-refractivity contribution in [2.45, 2.75) is 0 Å². The number of benzene rings is 1. The topological polar surface area (TPSA) is 75.4 Å². The number of nitro groups is 1. The third kappa shape index (κ3) is 2.72. The molecule has 76 valence electrons. The van der Waals surface area contributed by atoms with Gasteiger partial charge in [-0.3, -0.25) is 0 Å². The van der Waals surface area contributed by atoms with Crippen LogP contribution in [0.15, 0.2) is 18.2 Å². The summed E-state index contributed by atoms with van der Waals surface area (Å²) in [6.07, 6.45) is 0. The van der Waals surface area contributed by atoms with Crippen molar-refractivity contribution in [1.82, 2.24) is 0 Å². The third-order valence-corrected chi connectivity index (χ3v) is 2.40. The molecule has 1 unspecified atom stereocenters. The normalized spacial score (nSPS) is 9.86. The van der Waals surface area contributed by atoms with Crippen LogP contribution in [0.25, 0.3) is 0 Å². The van der Waals surface area contributed by atoms with Gasteiger partial charge in [-0.05, 0) is 0 Å². The van der Waals surface area contributed by atoms with Crippen LogP contribution in [0.4, 0.5) is 11.4 Å². The van der Waals surface area contributed by atoms with E-state index >= 15 is 0 Å². The average Bonchev–Trinajstić information content (AvgIpc) is 2.15. The molecule has 14 heavy (non-hydrogen) atoms. The van der Waals surface area contributed by atoms with Crippen LogP contribution >= 0.6 is 0 Å². The Labute approximate surface area is 89.8 Å². The van der Waals surface area contributed by atoms with Crippen molar-refractivity contribution < 1.29 is 10.0 Å². The van der Waals surface area contributed by atoms with Gasteiger partial charge in [0.25, 0.3) is 0 Å². The first-order valence-corrected chi connectivity index (χ1v) is 5.25. The number of nitrogens with zero attached hydrogens (tertiary/aromatic N) is 1. The number of hydrogen-bond acceptors (Lipinski definition) is 4. The molecule has 0 saturated heterocycles. The van der Waals surface area contributed by atoms with Gasteiger partial charge in [0, 0.05) is 0 Å². The Morgan fingerprint density at radius 3 is 2.86 bits per heavy atom. The summed E-state index contributed by atoms with van der Waals surface area (Å²) in [5, 5.41) is 22.0. The van der Waals surface area contributed by atoms with Gasteiger partial charge in [-0.1, -0.05) is 0 Å². The molecule has 1 aromatic rings. The fraction of sp³-hybridized carbons (Fsp3) is 0.250. The molecule has 0 bridgehead atoms. The molecular weight excluding hydrogens is 247 g/mol. The van der Waals surface area contributed by atoms with Crippen molar-refractivity contribution in [3.8, 4) is 0 Å². The maximum absolute atomic E-state index is 10.6. The molecule has 2 N–H and O–H groups in total. The Balaban J connectivity index is 2.96. The number of anilines is 1.